The van der Waals surface area contributed by atoms with E-state index in [1.54, 1.807) is 0 Å². The molecule has 1 heterocycles. The van der Waals surface area contributed by atoms with Crippen LogP contribution in [0.25, 0.3) is 0 Å². The van der Waals surface area contributed by atoms with Crippen molar-refractivity contribution in [1.82, 2.24) is 15.4 Å². The Kier molecular flexibility index (Phi) is 4.04. The van der Waals surface area contributed by atoms with Crippen molar-refractivity contribution in [3.63, 3.8) is 0 Å². The van der Waals surface area contributed by atoms with E-state index in [1.807, 2.05) is 35.8 Å². The summed E-state index contributed by atoms with van der Waals surface area (Å²) in [7, 11) is 0. The Morgan fingerprint density at radius 2 is 2.05 bits per heavy atom. The molecule has 0 aliphatic rings. The van der Waals surface area contributed by atoms with Crippen LogP contribution in [0, 0.1) is 0 Å². The first-order valence-electron chi connectivity index (χ1n) is 5.79. The number of amides is 1. The van der Waals surface area contributed by atoms with E-state index in [0.29, 0.717) is 17.8 Å². The summed E-state index contributed by atoms with van der Waals surface area (Å²) in [5, 5.41) is 0. The third-order valence-electron chi connectivity index (χ3n) is 2.65. The van der Waals surface area contributed by atoms with E-state index < -0.39 is 5.91 Å². The van der Waals surface area contributed by atoms with Crippen molar-refractivity contribution in [3.05, 3.63) is 63.8 Å². The van der Waals surface area contributed by atoms with E-state index in [-0.39, 0.29) is 12.0 Å². The number of aromatic nitrogens is 2. The van der Waals surface area contributed by atoms with Gasteiger partial charge < -0.3 is 4.98 Å². The van der Waals surface area contributed by atoms with Crippen molar-refractivity contribution < 1.29 is 4.79 Å². The predicted octanol–water partition coefficient (Wildman–Crippen LogP) is -0.107. The Balaban J connectivity index is 2.15. The summed E-state index contributed by atoms with van der Waals surface area (Å²) in [4.78, 5) is 29.7. The van der Waals surface area contributed by atoms with Gasteiger partial charge in [-0.25, -0.2) is 10.8 Å². The van der Waals surface area contributed by atoms with Crippen LogP contribution >= 0.6 is 0 Å². The molecule has 19 heavy (non-hydrogen) atoms. The molecule has 1 aromatic heterocycles. The van der Waals surface area contributed by atoms with Crippen molar-refractivity contribution in [3.8, 4) is 0 Å². The van der Waals surface area contributed by atoms with Gasteiger partial charge in [-0.1, -0.05) is 30.3 Å². The van der Waals surface area contributed by atoms with Crippen LogP contribution in [0.2, 0.25) is 0 Å². The lowest BCUT2D eigenvalue weighted by atomic mass is 10.1. The maximum atomic E-state index is 11.8. The molecule has 0 bridgehead atoms. The van der Waals surface area contributed by atoms with Crippen LogP contribution in [-0.2, 0) is 17.6 Å². The standard InChI is InChI=1S/C13H14N4O2/c14-17-12(18)7-10-8-15-11(16-13(10)19)6-9-4-2-1-3-5-9/h1-5,8H,6-7,14H2,(H,17,18)(H,15,16,19). The van der Waals surface area contributed by atoms with E-state index in [1.165, 1.54) is 6.20 Å². The minimum absolute atomic E-state index is 0.0789. The largest absolute Gasteiger partial charge is 0.310 e. The molecule has 1 aromatic carbocycles. The van der Waals surface area contributed by atoms with Gasteiger partial charge in [0.05, 0.1) is 6.42 Å². The van der Waals surface area contributed by atoms with Crippen LogP contribution in [0.4, 0.5) is 0 Å². The molecule has 4 N–H and O–H groups in total. The zero-order valence-corrected chi connectivity index (χ0v) is 10.2. The zero-order valence-electron chi connectivity index (χ0n) is 10.2. The fourth-order valence-corrected chi connectivity index (χ4v) is 1.69. The number of hydrogen-bond acceptors (Lipinski definition) is 4. The van der Waals surface area contributed by atoms with E-state index >= 15 is 0 Å². The fraction of sp³-hybridized carbons (Fsp3) is 0.154. The van der Waals surface area contributed by atoms with Crippen LogP contribution < -0.4 is 16.8 Å². The summed E-state index contributed by atoms with van der Waals surface area (Å²) < 4.78 is 0. The second-order valence-corrected chi connectivity index (χ2v) is 4.09. The van der Waals surface area contributed by atoms with E-state index in [9.17, 15) is 9.59 Å². The van der Waals surface area contributed by atoms with Gasteiger partial charge in [-0.3, -0.25) is 15.0 Å². The molecule has 0 unspecified atom stereocenters. The molecule has 2 aromatic rings. The monoisotopic (exact) mass is 258 g/mol. The van der Waals surface area contributed by atoms with Gasteiger partial charge in [-0.15, -0.1) is 0 Å². The molecule has 0 spiro atoms. The Labute approximate surface area is 109 Å². The number of nitrogens with two attached hydrogens (primary N) is 1. The van der Waals surface area contributed by atoms with Crippen LogP contribution in [0.1, 0.15) is 17.0 Å². The number of hydrogen-bond donors (Lipinski definition) is 3. The number of nitrogens with one attached hydrogen (secondary N) is 2. The molecule has 0 atom stereocenters. The summed E-state index contributed by atoms with van der Waals surface area (Å²) in [6, 6.07) is 9.68. The Morgan fingerprint density at radius 3 is 2.68 bits per heavy atom. The molecule has 0 saturated carbocycles. The molecule has 1 amide bonds. The number of benzene rings is 1. The second-order valence-electron chi connectivity index (χ2n) is 4.09. The van der Waals surface area contributed by atoms with Gasteiger partial charge in [0.1, 0.15) is 5.82 Å². The van der Waals surface area contributed by atoms with Crippen molar-refractivity contribution in [2.45, 2.75) is 12.8 Å². The number of aromatic amines is 1. The molecule has 6 heteroatoms. The zero-order chi connectivity index (χ0) is 13.7. The van der Waals surface area contributed by atoms with E-state index in [0.717, 1.165) is 5.56 Å². The second kappa shape index (κ2) is 5.92. The molecular formula is C13H14N4O2. The third kappa shape index (κ3) is 3.49. The molecular weight excluding hydrogens is 244 g/mol. The van der Waals surface area contributed by atoms with Gasteiger partial charge >= 0.3 is 0 Å². The molecule has 6 nitrogen and oxygen atoms in total. The Hall–Kier alpha value is -2.47. The lowest BCUT2D eigenvalue weighted by molar-refractivity contribution is -0.120. The molecule has 98 valence electrons. The SMILES string of the molecule is NNC(=O)Cc1cnc(Cc2ccccc2)[nH]c1=O. The number of carbonyl (C=O) groups is 1. The number of hydrazine groups is 1. The Morgan fingerprint density at radius 1 is 1.32 bits per heavy atom. The van der Waals surface area contributed by atoms with Crippen molar-refractivity contribution in [2.24, 2.45) is 5.84 Å². The maximum Gasteiger partial charge on any atom is 0.254 e. The van der Waals surface area contributed by atoms with E-state index in [4.69, 9.17) is 5.84 Å². The first-order valence-corrected chi connectivity index (χ1v) is 5.79. The highest BCUT2D eigenvalue weighted by Gasteiger charge is 2.07. The van der Waals surface area contributed by atoms with Gasteiger partial charge in [0.15, 0.2) is 0 Å². The van der Waals surface area contributed by atoms with Crippen LogP contribution in [0.5, 0.6) is 0 Å². The number of nitrogens with zero attached hydrogens (tertiary/aromatic N) is 1. The topological polar surface area (TPSA) is 101 Å². The highest BCUT2D eigenvalue weighted by Crippen LogP contribution is 2.03. The van der Waals surface area contributed by atoms with Crippen molar-refractivity contribution >= 4 is 5.91 Å². The summed E-state index contributed by atoms with van der Waals surface area (Å²) in [5.74, 6) is 5.11. The smallest absolute Gasteiger partial charge is 0.254 e. The summed E-state index contributed by atoms with van der Waals surface area (Å²) in [6.45, 7) is 0. The minimum Gasteiger partial charge on any atom is -0.310 e. The van der Waals surface area contributed by atoms with Crippen LogP contribution in [0.3, 0.4) is 0 Å². The molecule has 0 saturated heterocycles. The molecule has 0 fully saturated rings. The predicted molar refractivity (Wildman–Crippen MR) is 70.1 cm³/mol. The highest BCUT2D eigenvalue weighted by molar-refractivity contribution is 5.77. The minimum atomic E-state index is -0.428. The van der Waals surface area contributed by atoms with Gasteiger partial charge in [-0.2, -0.15) is 0 Å². The summed E-state index contributed by atoms with van der Waals surface area (Å²) in [5.41, 5.74) is 3.01. The highest BCUT2D eigenvalue weighted by atomic mass is 16.2. The van der Waals surface area contributed by atoms with Crippen molar-refractivity contribution in [2.75, 3.05) is 0 Å². The average molecular weight is 258 g/mol. The first kappa shape index (κ1) is 13.0. The quantitative estimate of drug-likeness (QED) is 0.405. The summed E-state index contributed by atoms with van der Waals surface area (Å²) in [6.07, 6.45) is 1.87. The molecule has 0 aliphatic heterocycles. The van der Waals surface area contributed by atoms with Gasteiger partial charge in [-0.05, 0) is 5.56 Å². The normalized spacial score (nSPS) is 10.2. The lowest BCUT2D eigenvalue weighted by Gasteiger charge is -2.03. The fourth-order valence-electron chi connectivity index (χ4n) is 1.69. The van der Waals surface area contributed by atoms with Crippen LogP contribution in [-0.4, -0.2) is 15.9 Å². The lowest BCUT2D eigenvalue weighted by Crippen LogP contribution is -2.33. The average Bonchev–Trinajstić information content (AvgIpc) is 2.43. The van der Waals surface area contributed by atoms with Crippen LogP contribution in [0.15, 0.2) is 41.3 Å². The third-order valence-corrected chi connectivity index (χ3v) is 2.65. The first-order chi connectivity index (χ1) is 9.19. The number of H-pyrrole nitrogens is 1. The molecule has 0 radical (unpaired) electrons. The molecule has 2 rings (SSSR count). The van der Waals surface area contributed by atoms with Crippen molar-refractivity contribution in [1.29, 1.82) is 0 Å². The molecule has 0 aliphatic carbocycles. The van der Waals surface area contributed by atoms with Gasteiger partial charge in [0.2, 0.25) is 5.91 Å². The van der Waals surface area contributed by atoms with Gasteiger partial charge in [0, 0.05) is 18.2 Å². The van der Waals surface area contributed by atoms with Gasteiger partial charge in [0.25, 0.3) is 5.56 Å². The summed E-state index contributed by atoms with van der Waals surface area (Å²) >= 11 is 0. The number of carbonyl (C=O) groups excluding carboxylic acids is 1. The Bertz CT molecular complexity index is 622. The maximum absolute atomic E-state index is 11.8. The van der Waals surface area contributed by atoms with E-state index in [2.05, 4.69) is 9.97 Å². The number of rotatable bonds is 4.